The van der Waals surface area contributed by atoms with E-state index in [1.807, 2.05) is 41.3 Å². The second-order valence-electron chi connectivity index (χ2n) is 9.23. The van der Waals surface area contributed by atoms with Gasteiger partial charge in [-0.2, -0.15) is 0 Å². The van der Waals surface area contributed by atoms with Gasteiger partial charge < -0.3 is 29.7 Å². The van der Waals surface area contributed by atoms with Gasteiger partial charge in [-0.1, -0.05) is 24.3 Å². The summed E-state index contributed by atoms with van der Waals surface area (Å²) in [7, 11) is -2.37. The number of urea groups is 1. The molecule has 3 aromatic carbocycles. The molecule has 0 bridgehead atoms. The summed E-state index contributed by atoms with van der Waals surface area (Å²) in [6, 6.07) is 16.3. The van der Waals surface area contributed by atoms with Gasteiger partial charge in [0.05, 0.1) is 34.5 Å². The first-order valence-electron chi connectivity index (χ1n) is 12.2. The fourth-order valence-electron chi connectivity index (χ4n) is 4.89. The van der Waals surface area contributed by atoms with Crippen molar-refractivity contribution in [3.8, 4) is 17.2 Å². The predicted molar refractivity (Wildman–Crippen MR) is 140 cm³/mol. The molecule has 0 aliphatic carbocycles. The number of rotatable bonds is 5. The summed E-state index contributed by atoms with van der Waals surface area (Å²) >= 11 is 0. The number of fused-ring (bicyclic) bond motifs is 2. The van der Waals surface area contributed by atoms with Crippen molar-refractivity contribution in [3.63, 3.8) is 0 Å². The smallest absolute Gasteiger partial charge is 0.453 e. The highest BCUT2D eigenvalue weighted by Gasteiger charge is 2.44. The van der Waals surface area contributed by atoms with E-state index < -0.39 is 46.2 Å². The van der Waals surface area contributed by atoms with Crippen molar-refractivity contribution < 1.29 is 36.8 Å². The van der Waals surface area contributed by atoms with Gasteiger partial charge in [0.2, 0.25) is 0 Å². The van der Waals surface area contributed by atoms with Crippen LogP contribution in [-0.2, 0) is 9.92 Å². The van der Waals surface area contributed by atoms with Crippen LogP contribution in [0.4, 0.5) is 29.3 Å². The molecule has 5 rings (SSSR count). The molecule has 0 saturated carbocycles. The zero-order valence-corrected chi connectivity index (χ0v) is 21.9. The minimum atomic E-state index is -4.90. The molecular formula is C26H26F3N5O5S. The summed E-state index contributed by atoms with van der Waals surface area (Å²) < 4.78 is 72.1. The summed E-state index contributed by atoms with van der Waals surface area (Å²) in [5, 5.41) is 14.2. The second kappa shape index (κ2) is 10.5. The number of likely N-dealkylation sites (tertiary alicyclic amines) is 1. The molecule has 10 nitrogen and oxygen atoms in total. The number of piperidine rings is 1. The van der Waals surface area contributed by atoms with Crippen molar-refractivity contribution in [1.82, 2.24) is 14.9 Å². The molecule has 4 atom stereocenters. The van der Waals surface area contributed by atoms with Crippen LogP contribution in [0.15, 0.2) is 77.7 Å². The number of halogens is 3. The Morgan fingerprint density at radius 3 is 2.15 bits per heavy atom. The molecule has 2 aliphatic rings. The van der Waals surface area contributed by atoms with Crippen molar-refractivity contribution in [2.24, 2.45) is 0 Å². The third kappa shape index (κ3) is 5.50. The quantitative estimate of drug-likeness (QED) is 0.360. The standard InChI is InChI=1S/C26H26F3N5O5S/c1-31-25(36)33-14-18(32-40(30,37)17-12-10-16(11-13-17)39-26(27,28)29)24(35)21(15-33)34-19-6-2-4-8-22(19)38-23-9-5-3-7-20(23)34/h2-13,18,21,24,35H,14-15H2,1H3,(H,31,36)(H2,30,32,37). The molecular weight excluding hydrogens is 551 g/mol. The van der Waals surface area contributed by atoms with Crippen LogP contribution in [0.25, 0.3) is 0 Å². The maximum Gasteiger partial charge on any atom is 0.573 e. The number of carbonyl (C=O) groups excluding carboxylic acids is 1. The second-order valence-corrected chi connectivity index (χ2v) is 11.0. The van der Waals surface area contributed by atoms with Gasteiger partial charge in [0, 0.05) is 20.1 Å². The SMILES string of the molecule is CNC(=O)N1CC(NS(=N)(=O)c2ccc(OC(F)(F)F)cc2)C(O)C(N2c3ccccc3Oc3ccccc32)C1. The first-order chi connectivity index (χ1) is 19.0. The number of hydrogen-bond donors (Lipinski definition) is 4. The van der Waals surface area contributed by atoms with Crippen molar-refractivity contribution in [2.45, 2.75) is 29.4 Å². The zero-order chi connectivity index (χ0) is 28.7. The summed E-state index contributed by atoms with van der Waals surface area (Å²) in [5.74, 6) is 0.556. The number of para-hydroxylation sites is 4. The van der Waals surface area contributed by atoms with Crippen LogP contribution in [0, 0.1) is 4.78 Å². The number of aliphatic hydroxyl groups is 1. The summed E-state index contributed by atoms with van der Waals surface area (Å²) in [5.41, 5.74) is 1.30. The van der Waals surface area contributed by atoms with E-state index in [1.165, 1.54) is 11.9 Å². The minimum Gasteiger partial charge on any atom is -0.453 e. The van der Waals surface area contributed by atoms with Gasteiger partial charge in [0.25, 0.3) is 0 Å². The van der Waals surface area contributed by atoms with E-state index in [0.29, 0.717) is 22.9 Å². The minimum absolute atomic E-state index is 0.0872. The van der Waals surface area contributed by atoms with Gasteiger partial charge in [-0.15, -0.1) is 13.2 Å². The number of nitrogens with zero attached hydrogens (tertiary/aromatic N) is 2. The number of nitrogens with one attached hydrogen (secondary N) is 3. The van der Waals surface area contributed by atoms with Gasteiger partial charge >= 0.3 is 12.4 Å². The van der Waals surface area contributed by atoms with E-state index in [2.05, 4.69) is 14.8 Å². The lowest BCUT2D eigenvalue weighted by molar-refractivity contribution is -0.274. The van der Waals surface area contributed by atoms with E-state index >= 15 is 0 Å². The van der Waals surface area contributed by atoms with Crippen LogP contribution in [-0.4, -0.2) is 64.9 Å². The first-order valence-corrected chi connectivity index (χ1v) is 13.7. The molecule has 3 aromatic rings. The number of hydrogen-bond acceptors (Lipinski definition) is 7. The van der Waals surface area contributed by atoms with Crippen LogP contribution < -0.4 is 24.4 Å². The highest BCUT2D eigenvalue weighted by Crippen LogP contribution is 2.48. The number of alkyl halides is 3. The van der Waals surface area contributed by atoms with Crippen LogP contribution in [0.2, 0.25) is 0 Å². The van der Waals surface area contributed by atoms with Gasteiger partial charge in [-0.3, -0.25) is 0 Å². The van der Waals surface area contributed by atoms with Crippen LogP contribution in [0.3, 0.4) is 0 Å². The molecule has 0 aromatic heterocycles. The summed E-state index contributed by atoms with van der Waals surface area (Å²) in [6.07, 6.45) is -6.14. The molecule has 212 valence electrons. The Morgan fingerprint density at radius 1 is 1.02 bits per heavy atom. The van der Waals surface area contributed by atoms with Gasteiger partial charge in [0.15, 0.2) is 11.5 Å². The van der Waals surface area contributed by atoms with E-state index in [9.17, 15) is 27.3 Å². The fourth-order valence-corrected chi connectivity index (χ4v) is 6.19. The lowest BCUT2D eigenvalue weighted by Crippen LogP contribution is -2.66. The Hall–Kier alpha value is -4.01. The average molecular weight is 578 g/mol. The van der Waals surface area contributed by atoms with Crippen molar-refractivity contribution in [3.05, 3.63) is 72.8 Å². The summed E-state index contributed by atoms with van der Waals surface area (Å²) in [4.78, 5) is 15.9. The number of amides is 2. The van der Waals surface area contributed by atoms with Crippen LogP contribution in [0.1, 0.15) is 0 Å². The molecule has 2 amide bonds. The molecule has 1 saturated heterocycles. The van der Waals surface area contributed by atoms with E-state index in [4.69, 9.17) is 9.52 Å². The Balaban J connectivity index is 1.48. The van der Waals surface area contributed by atoms with E-state index in [0.717, 1.165) is 24.3 Å². The Kier molecular flexibility index (Phi) is 7.25. The van der Waals surface area contributed by atoms with Gasteiger partial charge in [0.1, 0.15) is 15.7 Å². The Morgan fingerprint density at radius 2 is 1.60 bits per heavy atom. The highest BCUT2D eigenvalue weighted by molar-refractivity contribution is 7.90. The van der Waals surface area contributed by atoms with Crippen LogP contribution >= 0.6 is 0 Å². The van der Waals surface area contributed by atoms with Gasteiger partial charge in [-0.25, -0.2) is 18.5 Å². The molecule has 2 aliphatic heterocycles. The Labute approximate surface area is 228 Å². The predicted octanol–water partition coefficient (Wildman–Crippen LogP) is 4.19. The molecule has 0 spiro atoms. The van der Waals surface area contributed by atoms with Crippen LogP contribution in [0.5, 0.6) is 17.2 Å². The molecule has 4 unspecified atom stereocenters. The van der Waals surface area contributed by atoms with Gasteiger partial charge in [-0.05, 0) is 48.5 Å². The molecule has 40 heavy (non-hydrogen) atoms. The maximum absolute atomic E-state index is 13.5. The number of aliphatic hydroxyl groups excluding tert-OH is 1. The van der Waals surface area contributed by atoms with Crippen molar-refractivity contribution in [1.29, 1.82) is 4.78 Å². The molecule has 14 heteroatoms. The fraction of sp³-hybridized carbons (Fsp3) is 0.269. The topological polar surface area (TPSA) is 127 Å². The van der Waals surface area contributed by atoms with Crippen molar-refractivity contribution >= 4 is 27.3 Å². The average Bonchev–Trinajstić information content (AvgIpc) is 2.92. The Bertz CT molecular complexity index is 1460. The first kappa shape index (κ1) is 27.6. The number of ether oxygens (including phenoxy) is 2. The normalized spacial score (nSPS) is 21.9. The third-order valence-electron chi connectivity index (χ3n) is 6.64. The number of carbonyl (C=O) groups is 1. The van der Waals surface area contributed by atoms with Crippen molar-refractivity contribution in [2.75, 3.05) is 25.0 Å². The number of benzene rings is 3. The molecule has 2 heterocycles. The lowest BCUT2D eigenvalue weighted by Gasteiger charge is -2.48. The highest BCUT2D eigenvalue weighted by atomic mass is 32.2. The van der Waals surface area contributed by atoms with E-state index in [-0.39, 0.29) is 18.0 Å². The largest absolute Gasteiger partial charge is 0.573 e. The number of anilines is 2. The molecule has 4 N–H and O–H groups in total. The third-order valence-corrected chi connectivity index (χ3v) is 8.21. The zero-order valence-electron chi connectivity index (χ0n) is 21.1. The molecule has 0 radical (unpaired) electrons. The summed E-state index contributed by atoms with van der Waals surface area (Å²) in [6.45, 7) is 0.000466. The maximum atomic E-state index is 13.5. The lowest BCUT2D eigenvalue weighted by atomic mass is 9.94. The monoisotopic (exact) mass is 577 g/mol. The van der Waals surface area contributed by atoms with E-state index in [1.54, 1.807) is 12.1 Å². The molecule has 1 fully saturated rings.